The van der Waals surface area contributed by atoms with Crippen molar-refractivity contribution in [2.75, 3.05) is 5.88 Å². The molecule has 0 radical (unpaired) electrons. The molecule has 0 bridgehead atoms. The van der Waals surface area contributed by atoms with Gasteiger partial charge >= 0.3 is 0 Å². The predicted octanol–water partition coefficient (Wildman–Crippen LogP) is 3.01. The molecular formula is C11H16ClNO. The van der Waals surface area contributed by atoms with Gasteiger partial charge in [0, 0.05) is 5.69 Å². The number of Topliss-reactive ketones (excluding diaryl/α,β-unsaturated/α-hetero) is 1. The Bertz CT molecular complexity index is 341. The molecule has 0 spiro atoms. The number of aromatic amines is 1. The lowest BCUT2D eigenvalue weighted by Gasteiger charge is -1.99. The number of ketones is 1. The first kappa shape index (κ1) is 11.3. The van der Waals surface area contributed by atoms with Crippen LogP contribution in [0.5, 0.6) is 0 Å². The van der Waals surface area contributed by atoms with E-state index >= 15 is 0 Å². The molecule has 2 nitrogen and oxygen atoms in total. The lowest BCUT2D eigenvalue weighted by atomic mass is 10.0. The number of aryl methyl sites for hydroxylation is 1. The molecule has 3 heteroatoms. The van der Waals surface area contributed by atoms with Crippen LogP contribution in [-0.4, -0.2) is 16.6 Å². The number of hydrogen-bond donors (Lipinski definition) is 1. The summed E-state index contributed by atoms with van der Waals surface area (Å²) < 4.78 is 0. The van der Waals surface area contributed by atoms with Crippen LogP contribution in [0.4, 0.5) is 0 Å². The number of carbonyl (C=O) groups is 1. The van der Waals surface area contributed by atoms with Crippen molar-refractivity contribution in [3.8, 4) is 0 Å². The standard InChI is InChI=1S/C11H16ClNO/c1-4-5-9-7(2)11(10(14)6-12)13-8(9)3/h13H,4-6H2,1-3H3. The first-order valence-corrected chi connectivity index (χ1v) is 5.42. The molecule has 1 aromatic rings. The van der Waals surface area contributed by atoms with Crippen LogP contribution < -0.4 is 0 Å². The Morgan fingerprint density at radius 3 is 2.57 bits per heavy atom. The highest BCUT2D eigenvalue weighted by Gasteiger charge is 2.15. The molecule has 0 saturated heterocycles. The van der Waals surface area contributed by atoms with Gasteiger partial charge in [0.25, 0.3) is 0 Å². The van der Waals surface area contributed by atoms with E-state index in [1.807, 2.05) is 13.8 Å². The Kier molecular flexibility index (Phi) is 3.76. The third-order valence-electron chi connectivity index (χ3n) is 2.49. The summed E-state index contributed by atoms with van der Waals surface area (Å²) in [7, 11) is 0. The zero-order valence-corrected chi connectivity index (χ0v) is 9.66. The Morgan fingerprint density at radius 2 is 2.07 bits per heavy atom. The van der Waals surface area contributed by atoms with Crippen molar-refractivity contribution in [1.29, 1.82) is 0 Å². The summed E-state index contributed by atoms with van der Waals surface area (Å²) in [5.74, 6) is 0.0291. The smallest absolute Gasteiger partial charge is 0.193 e. The minimum atomic E-state index is -0.0189. The molecule has 1 aromatic heterocycles. The van der Waals surface area contributed by atoms with Crippen molar-refractivity contribution in [3.63, 3.8) is 0 Å². The Balaban J connectivity index is 3.10. The normalized spacial score (nSPS) is 10.6. The van der Waals surface area contributed by atoms with Crippen LogP contribution >= 0.6 is 11.6 Å². The van der Waals surface area contributed by atoms with E-state index in [2.05, 4.69) is 11.9 Å². The van der Waals surface area contributed by atoms with Gasteiger partial charge in [0.2, 0.25) is 0 Å². The van der Waals surface area contributed by atoms with Crippen molar-refractivity contribution in [3.05, 3.63) is 22.5 Å². The third-order valence-corrected chi connectivity index (χ3v) is 2.74. The molecule has 0 aliphatic carbocycles. The second kappa shape index (κ2) is 4.65. The summed E-state index contributed by atoms with van der Waals surface area (Å²) in [6, 6.07) is 0. The van der Waals surface area contributed by atoms with Crippen LogP contribution in [0.2, 0.25) is 0 Å². The maximum absolute atomic E-state index is 11.4. The van der Waals surface area contributed by atoms with Crippen molar-refractivity contribution in [2.45, 2.75) is 33.6 Å². The van der Waals surface area contributed by atoms with Crippen molar-refractivity contribution in [2.24, 2.45) is 0 Å². The van der Waals surface area contributed by atoms with Crippen LogP contribution in [0.25, 0.3) is 0 Å². The Labute approximate surface area is 89.7 Å². The molecular weight excluding hydrogens is 198 g/mol. The van der Waals surface area contributed by atoms with Gasteiger partial charge in [-0.2, -0.15) is 0 Å². The topological polar surface area (TPSA) is 32.9 Å². The minimum absolute atomic E-state index is 0.0189. The summed E-state index contributed by atoms with van der Waals surface area (Å²) in [5.41, 5.74) is 4.11. The maximum Gasteiger partial charge on any atom is 0.193 e. The molecule has 0 amide bonds. The molecule has 0 atom stereocenters. The molecule has 1 heterocycles. The van der Waals surface area contributed by atoms with Crippen LogP contribution in [0.3, 0.4) is 0 Å². The highest BCUT2D eigenvalue weighted by molar-refractivity contribution is 6.30. The van der Waals surface area contributed by atoms with Crippen LogP contribution in [0, 0.1) is 13.8 Å². The highest BCUT2D eigenvalue weighted by atomic mass is 35.5. The van der Waals surface area contributed by atoms with Gasteiger partial charge in [0.05, 0.1) is 11.6 Å². The van der Waals surface area contributed by atoms with E-state index in [9.17, 15) is 4.79 Å². The summed E-state index contributed by atoms with van der Waals surface area (Å²) in [6.45, 7) is 6.12. The van der Waals surface area contributed by atoms with Gasteiger partial charge in [-0.05, 0) is 31.4 Å². The molecule has 14 heavy (non-hydrogen) atoms. The summed E-state index contributed by atoms with van der Waals surface area (Å²) in [5, 5.41) is 0. The number of alkyl halides is 1. The Hall–Kier alpha value is -0.760. The fraction of sp³-hybridized carbons (Fsp3) is 0.545. The number of halogens is 1. The quantitative estimate of drug-likeness (QED) is 0.605. The average molecular weight is 214 g/mol. The van der Waals surface area contributed by atoms with Gasteiger partial charge in [0.15, 0.2) is 5.78 Å². The van der Waals surface area contributed by atoms with Gasteiger partial charge in [-0.15, -0.1) is 11.6 Å². The van der Waals surface area contributed by atoms with E-state index < -0.39 is 0 Å². The van der Waals surface area contributed by atoms with Gasteiger partial charge in [-0.25, -0.2) is 0 Å². The molecule has 0 aromatic carbocycles. The van der Waals surface area contributed by atoms with E-state index in [0.29, 0.717) is 5.69 Å². The predicted molar refractivity (Wildman–Crippen MR) is 59.3 cm³/mol. The second-order valence-electron chi connectivity index (χ2n) is 3.54. The fourth-order valence-corrected chi connectivity index (χ4v) is 1.89. The van der Waals surface area contributed by atoms with Gasteiger partial charge in [-0.3, -0.25) is 4.79 Å². The molecule has 78 valence electrons. The van der Waals surface area contributed by atoms with E-state index in [-0.39, 0.29) is 11.7 Å². The number of carbonyl (C=O) groups excluding carboxylic acids is 1. The largest absolute Gasteiger partial charge is 0.356 e. The van der Waals surface area contributed by atoms with E-state index in [1.165, 1.54) is 5.56 Å². The lowest BCUT2D eigenvalue weighted by Crippen LogP contribution is -2.02. The molecule has 1 N–H and O–H groups in total. The zero-order valence-electron chi connectivity index (χ0n) is 8.91. The van der Waals surface area contributed by atoms with Crippen LogP contribution in [-0.2, 0) is 6.42 Å². The summed E-state index contributed by atoms with van der Waals surface area (Å²) in [6.07, 6.45) is 2.11. The number of aromatic nitrogens is 1. The fourth-order valence-electron chi connectivity index (χ4n) is 1.76. The molecule has 0 unspecified atom stereocenters. The molecule has 0 aliphatic heterocycles. The summed E-state index contributed by atoms with van der Waals surface area (Å²) >= 11 is 5.53. The van der Waals surface area contributed by atoms with Crippen molar-refractivity contribution < 1.29 is 4.79 Å². The highest BCUT2D eigenvalue weighted by Crippen LogP contribution is 2.20. The minimum Gasteiger partial charge on any atom is -0.356 e. The van der Waals surface area contributed by atoms with Gasteiger partial charge < -0.3 is 4.98 Å². The molecule has 0 aliphatic rings. The Morgan fingerprint density at radius 1 is 1.43 bits per heavy atom. The number of rotatable bonds is 4. The van der Waals surface area contributed by atoms with Crippen LogP contribution in [0.15, 0.2) is 0 Å². The second-order valence-corrected chi connectivity index (χ2v) is 3.80. The van der Waals surface area contributed by atoms with E-state index in [1.54, 1.807) is 0 Å². The number of hydrogen-bond acceptors (Lipinski definition) is 1. The number of nitrogens with one attached hydrogen (secondary N) is 1. The SMILES string of the molecule is CCCc1c(C)[nH]c(C(=O)CCl)c1C. The molecule has 1 rings (SSSR count). The van der Waals surface area contributed by atoms with E-state index in [0.717, 1.165) is 24.1 Å². The van der Waals surface area contributed by atoms with Gasteiger partial charge in [-0.1, -0.05) is 13.3 Å². The van der Waals surface area contributed by atoms with Gasteiger partial charge in [0.1, 0.15) is 0 Å². The zero-order chi connectivity index (χ0) is 10.7. The third kappa shape index (κ3) is 2.01. The average Bonchev–Trinajstić information content (AvgIpc) is 2.45. The van der Waals surface area contributed by atoms with Crippen molar-refractivity contribution >= 4 is 17.4 Å². The lowest BCUT2D eigenvalue weighted by molar-refractivity contribution is 0.101. The number of H-pyrrole nitrogens is 1. The summed E-state index contributed by atoms with van der Waals surface area (Å²) in [4.78, 5) is 14.6. The first-order chi connectivity index (χ1) is 6.61. The van der Waals surface area contributed by atoms with E-state index in [4.69, 9.17) is 11.6 Å². The molecule has 0 saturated carbocycles. The molecule has 0 fully saturated rings. The van der Waals surface area contributed by atoms with Crippen LogP contribution in [0.1, 0.15) is 40.7 Å². The first-order valence-electron chi connectivity index (χ1n) is 4.89. The monoisotopic (exact) mass is 213 g/mol. The van der Waals surface area contributed by atoms with Crippen molar-refractivity contribution in [1.82, 2.24) is 4.98 Å². The maximum atomic E-state index is 11.4.